The van der Waals surface area contributed by atoms with Crippen molar-refractivity contribution in [3.05, 3.63) is 58.6 Å². The van der Waals surface area contributed by atoms with E-state index in [9.17, 15) is 18.0 Å². The summed E-state index contributed by atoms with van der Waals surface area (Å²) in [7, 11) is -3.62. The lowest BCUT2D eigenvalue weighted by Gasteiger charge is -2.35. The number of aryl methyl sites for hydroxylation is 1. The van der Waals surface area contributed by atoms with Gasteiger partial charge in [-0.2, -0.15) is 4.31 Å². The quantitative estimate of drug-likeness (QED) is 0.583. The highest BCUT2D eigenvalue weighted by atomic mass is 35.5. The number of piperazine rings is 1. The number of benzene rings is 2. The van der Waals surface area contributed by atoms with Crippen LogP contribution < -0.4 is 4.90 Å². The van der Waals surface area contributed by atoms with Gasteiger partial charge in [-0.05, 0) is 67.6 Å². The van der Waals surface area contributed by atoms with Gasteiger partial charge in [-0.15, -0.1) is 0 Å². The number of fused-ring (bicyclic) bond motifs is 1. The van der Waals surface area contributed by atoms with Gasteiger partial charge in [0.05, 0.1) is 4.90 Å². The summed E-state index contributed by atoms with van der Waals surface area (Å²) in [6.45, 7) is 3.48. The number of carbonyl (C=O) groups excluding carboxylic acids is 2. The van der Waals surface area contributed by atoms with Gasteiger partial charge < -0.3 is 9.69 Å². The highest BCUT2D eigenvalue weighted by molar-refractivity contribution is 7.89. The minimum Gasteiger partial charge on any atom is -0.369 e. The molecule has 2 aromatic carbocycles. The van der Waals surface area contributed by atoms with Gasteiger partial charge in [0.25, 0.3) is 0 Å². The number of ketones is 2. The van der Waals surface area contributed by atoms with Crippen LogP contribution in [0.15, 0.2) is 47.4 Å². The second kappa shape index (κ2) is 9.95. The zero-order chi connectivity index (χ0) is 23.6. The molecule has 0 N–H and O–H groups in total. The number of Topliss-reactive ketones (excluding diaryl/α,β-unsaturated/α-hetero) is 2. The van der Waals surface area contributed by atoms with E-state index in [0.717, 1.165) is 36.1 Å². The van der Waals surface area contributed by atoms with Crippen molar-refractivity contribution >= 4 is 38.9 Å². The molecule has 0 saturated carbocycles. The Morgan fingerprint density at radius 2 is 1.79 bits per heavy atom. The Balaban J connectivity index is 1.48. The van der Waals surface area contributed by atoms with Gasteiger partial charge in [-0.1, -0.05) is 23.7 Å². The smallest absolute Gasteiger partial charge is 0.243 e. The topological polar surface area (TPSA) is 74.8 Å². The first-order chi connectivity index (χ1) is 15.8. The van der Waals surface area contributed by atoms with Gasteiger partial charge in [0.2, 0.25) is 10.0 Å². The number of anilines is 1. The summed E-state index contributed by atoms with van der Waals surface area (Å²) in [6, 6.07) is 12.8. The van der Waals surface area contributed by atoms with Crippen LogP contribution in [0.3, 0.4) is 0 Å². The Morgan fingerprint density at radius 3 is 2.48 bits per heavy atom. The summed E-state index contributed by atoms with van der Waals surface area (Å²) < 4.78 is 28.2. The van der Waals surface area contributed by atoms with E-state index in [-0.39, 0.29) is 35.2 Å². The van der Waals surface area contributed by atoms with Gasteiger partial charge in [0, 0.05) is 55.6 Å². The number of sulfonamides is 1. The van der Waals surface area contributed by atoms with Crippen molar-refractivity contribution in [3.8, 4) is 0 Å². The van der Waals surface area contributed by atoms with Gasteiger partial charge in [-0.3, -0.25) is 4.79 Å². The van der Waals surface area contributed by atoms with Crippen LogP contribution in [0.1, 0.15) is 49.7 Å². The zero-order valence-electron chi connectivity index (χ0n) is 18.8. The first-order valence-electron chi connectivity index (χ1n) is 11.4. The van der Waals surface area contributed by atoms with Crippen LogP contribution in [-0.2, 0) is 26.0 Å². The molecule has 0 radical (unpaired) electrons. The Bertz CT molecular complexity index is 1160. The highest BCUT2D eigenvalue weighted by Crippen LogP contribution is 2.35. The number of nitrogens with zero attached hydrogens (tertiary/aromatic N) is 2. The lowest BCUT2D eigenvalue weighted by Crippen LogP contribution is -2.48. The monoisotopic (exact) mass is 488 g/mol. The zero-order valence-corrected chi connectivity index (χ0v) is 20.4. The molecular formula is C25H29ClN2O4S. The largest absolute Gasteiger partial charge is 0.369 e. The average molecular weight is 489 g/mol. The fraction of sp³-hybridized carbons (Fsp3) is 0.440. The second-order valence-electron chi connectivity index (χ2n) is 8.84. The molecule has 4 rings (SSSR count). The number of halogens is 1. The van der Waals surface area contributed by atoms with Crippen molar-refractivity contribution in [1.29, 1.82) is 0 Å². The summed E-state index contributed by atoms with van der Waals surface area (Å²) in [4.78, 5) is 26.4. The maximum Gasteiger partial charge on any atom is 0.243 e. The minimum absolute atomic E-state index is 0.0104. The molecule has 0 amide bonds. The van der Waals surface area contributed by atoms with Crippen LogP contribution in [0.25, 0.3) is 0 Å². The lowest BCUT2D eigenvalue weighted by atomic mass is 9.79. The SMILES string of the molecule is CC(=O)CCC(=O)C1CCCc2cc(S(=O)(=O)N3CCN(c4cccc(Cl)c4)CC3)ccc21. The molecule has 1 unspecified atom stereocenters. The Kier molecular flexibility index (Phi) is 7.22. The molecule has 2 aliphatic rings. The van der Waals surface area contributed by atoms with Crippen molar-refractivity contribution in [1.82, 2.24) is 4.31 Å². The second-order valence-corrected chi connectivity index (χ2v) is 11.2. The van der Waals surface area contributed by atoms with Crippen LogP contribution in [0.4, 0.5) is 5.69 Å². The van der Waals surface area contributed by atoms with E-state index in [2.05, 4.69) is 4.90 Å². The van der Waals surface area contributed by atoms with Crippen molar-refractivity contribution < 1.29 is 18.0 Å². The lowest BCUT2D eigenvalue weighted by molar-refractivity contribution is -0.124. The first-order valence-corrected chi connectivity index (χ1v) is 13.2. The van der Waals surface area contributed by atoms with Gasteiger partial charge in [0.1, 0.15) is 11.6 Å². The summed E-state index contributed by atoms with van der Waals surface area (Å²) in [5.41, 5.74) is 2.84. The third-order valence-electron chi connectivity index (χ3n) is 6.59. The van der Waals surface area contributed by atoms with Crippen LogP contribution >= 0.6 is 11.6 Å². The molecule has 1 saturated heterocycles. The minimum atomic E-state index is -3.62. The summed E-state index contributed by atoms with van der Waals surface area (Å²) in [6.07, 6.45) is 2.86. The Morgan fingerprint density at radius 1 is 1.03 bits per heavy atom. The Hall–Kier alpha value is -2.22. The van der Waals surface area contributed by atoms with Crippen LogP contribution in [0.5, 0.6) is 0 Å². The molecule has 1 fully saturated rings. The molecular weight excluding hydrogens is 460 g/mol. The molecule has 8 heteroatoms. The van der Waals surface area contributed by atoms with Gasteiger partial charge >= 0.3 is 0 Å². The summed E-state index contributed by atoms with van der Waals surface area (Å²) in [5, 5.41) is 0.662. The molecule has 0 bridgehead atoms. The van der Waals surface area contributed by atoms with Gasteiger partial charge in [0.15, 0.2) is 0 Å². The van der Waals surface area contributed by atoms with Crippen molar-refractivity contribution in [2.45, 2.75) is 49.8 Å². The maximum atomic E-state index is 13.3. The van der Waals surface area contributed by atoms with E-state index < -0.39 is 10.0 Å². The summed E-state index contributed by atoms with van der Waals surface area (Å²) in [5.74, 6) is -0.165. The van der Waals surface area contributed by atoms with E-state index in [1.807, 2.05) is 24.3 Å². The van der Waals surface area contributed by atoms with Crippen LogP contribution in [-0.4, -0.2) is 50.5 Å². The molecule has 0 aromatic heterocycles. The third-order valence-corrected chi connectivity index (χ3v) is 8.72. The number of hydrogen-bond donors (Lipinski definition) is 0. The van der Waals surface area contributed by atoms with Gasteiger partial charge in [-0.25, -0.2) is 8.42 Å². The van der Waals surface area contributed by atoms with E-state index in [0.29, 0.717) is 31.2 Å². The van der Waals surface area contributed by atoms with E-state index in [1.165, 1.54) is 11.2 Å². The average Bonchev–Trinajstić information content (AvgIpc) is 2.81. The number of hydrogen-bond acceptors (Lipinski definition) is 5. The highest BCUT2D eigenvalue weighted by Gasteiger charge is 2.31. The van der Waals surface area contributed by atoms with E-state index >= 15 is 0 Å². The van der Waals surface area contributed by atoms with Crippen molar-refractivity contribution in [2.24, 2.45) is 0 Å². The molecule has 33 heavy (non-hydrogen) atoms. The van der Waals surface area contributed by atoms with E-state index in [4.69, 9.17) is 11.6 Å². The maximum absolute atomic E-state index is 13.3. The third kappa shape index (κ3) is 5.31. The number of rotatable bonds is 7. The van der Waals surface area contributed by atoms with Crippen molar-refractivity contribution in [3.63, 3.8) is 0 Å². The first kappa shape index (κ1) is 23.9. The Labute approximate surface area is 200 Å². The molecule has 0 spiro atoms. The molecule has 1 heterocycles. The predicted octanol–water partition coefficient (Wildman–Crippen LogP) is 4.21. The van der Waals surface area contributed by atoms with Crippen LogP contribution in [0.2, 0.25) is 5.02 Å². The van der Waals surface area contributed by atoms with Crippen molar-refractivity contribution in [2.75, 3.05) is 31.1 Å². The normalized spacial score (nSPS) is 19.2. The molecule has 6 nitrogen and oxygen atoms in total. The molecule has 1 aliphatic carbocycles. The fourth-order valence-corrected chi connectivity index (χ4v) is 6.43. The predicted molar refractivity (Wildman–Crippen MR) is 129 cm³/mol. The summed E-state index contributed by atoms with van der Waals surface area (Å²) >= 11 is 6.10. The molecule has 1 aliphatic heterocycles. The van der Waals surface area contributed by atoms with Crippen LogP contribution in [0, 0.1) is 0 Å². The standard InChI is InChI=1S/C25H29ClN2O4S/c1-18(29)8-11-25(30)24-7-2-4-19-16-22(9-10-23(19)24)33(31,32)28-14-12-27(13-15-28)21-6-3-5-20(26)17-21/h3,5-6,9-10,16-17,24H,2,4,7-8,11-15H2,1H3. The van der Waals surface area contributed by atoms with E-state index in [1.54, 1.807) is 18.2 Å². The molecule has 2 aromatic rings. The fourth-order valence-electron chi connectivity index (χ4n) is 4.77. The molecule has 1 atom stereocenters. The number of carbonyl (C=O) groups is 2. The molecule has 176 valence electrons.